The molecular weight excluding hydrogens is 378 g/mol. The summed E-state index contributed by atoms with van der Waals surface area (Å²) in [5.41, 5.74) is 0.384. The van der Waals surface area contributed by atoms with Crippen LogP contribution in [0.2, 0.25) is 4.34 Å². The van der Waals surface area contributed by atoms with E-state index in [0.29, 0.717) is 9.21 Å². The fourth-order valence-corrected chi connectivity index (χ4v) is 3.07. The average molecular weight is 390 g/mol. The van der Waals surface area contributed by atoms with Crippen LogP contribution in [0.5, 0.6) is 0 Å². The van der Waals surface area contributed by atoms with Gasteiger partial charge >= 0.3 is 5.97 Å². The van der Waals surface area contributed by atoms with Gasteiger partial charge in [-0.25, -0.2) is 4.79 Å². The first-order chi connectivity index (χ1) is 12.5. The number of carbonyl (C=O) groups is 3. The minimum Gasteiger partial charge on any atom is -0.459 e. The Morgan fingerprint density at radius 1 is 1.08 bits per heavy atom. The second-order valence-corrected chi connectivity index (χ2v) is 6.80. The van der Waals surface area contributed by atoms with Gasteiger partial charge in [0, 0.05) is 0 Å². The largest absolute Gasteiger partial charge is 0.459 e. The number of furan rings is 1. The molecule has 0 aliphatic carbocycles. The van der Waals surface area contributed by atoms with Gasteiger partial charge in [-0.2, -0.15) is 0 Å². The molecule has 1 N–H and O–H groups in total. The third kappa shape index (κ3) is 4.19. The van der Waals surface area contributed by atoms with Gasteiger partial charge in [0.05, 0.1) is 26.7 Å². The molecule has 1 aromatic carbocycles. The summed E-state index contributed by atoms with van der Waals surface area (Å²) in [7, 11) is 0. The standard InChI is InChI=1S/C18H12ClNO5S/c19-16-8-7-15(26-16)13(21)10-25-18(23)11-4-1-2-5-12(11)20-17(22)14-6-3-9-24-14/h1-9H,10H2,(H,20,22). The number of benzene rings is 1. The molecule has 0 aliphatic rings. The zero-order valence-corrected chi connectivity index (χ0v) is 14.8. The predicted octanol–water partition coefficient (Wildman–Crippen LogP) is 4.29. The Morgan fingerprint density at radius 2 is 1.88 bits per heavy atom. The fourth-order valence-electron chi connectivity index (χ4n) is 2.11. The van der Waals surface area contributed by atoms with E-state index in [1.807, 2.05) is 0 Å². The number of ether oxygens (including phenoxy) is 1. The van der Waals surface area contributed by atoms with E-state index >= 15 is 0 Å². The first kappa shape index (κ1) is 17.9. The molecule has 132 valence electrons. The Morgan fingerprint density at radius 3 is 2.58 bits per heavy atom. The van der Waals surface area contributed by atoms with Gasteiger partial charge in [0.1, 0.15) is 0 Å². The number of esters is 1. The molecule has 0 saturated carbocycles. The zero-order valence-electron chi connectivity index (χ0n) is 13.2. The van der Waals surface area contributed by atoms with Crippen LogP contribution >= 0.6 is 22.9 Å². The highest BCUT2D eigenvalue weighted by Gasteiger charge is 2.18. The lowest BCUT2D eigenvalue weighted by molar-refractivity contribution is 0.0477. The normalized spacial score (nSPS) is 10.3. The molecule has 0 unspecified atom stereocenters. The van der Waals surface area contributed by atoms with Crippen LogP contribution in [-0.2, 0) is 4.74 Å². The highest BCUT2D eigenvalue weighted by Crippen LogP contribution is 2.22. The number of thiophene rings is 1. The van der Waals surface area contributed by atoms with Gasteiger partial charge in [-0.15, -0.1) is 11.3 Å². The number of hydrogen-bond acceptors (Lipinski definition) is 6. The molecule has 1 amide bonds. The lowest BCUT2D eigenvalue weighted by Gasteiger charge is -2.09. The minimum absolute atomic E-state index is 0.109. The van der Waals surface area contributed by atoms with Gasteiger partial charge in [0.15, 0.2) is 12.4 Å². The summed E-state index contributed by atoms with van der Waals surface area (Å²) >= 11 is 6.90. The van der Waals surface area contributed by atoms with Crippen LogP contribution in [0.15, 0.2) is 59.2 Å². The van der Waals surface area contributed by atoms with Crippen LogP contribution in [0.4, 0.5) is 5.69 Å². The summed E-state index contributed by atoms with van der Waals surface area (Å²) in [5, 5.41) is 2.58. The average Bonchev–Trinajstić information content (AvgIpc) is 3.31. The van der Waals surface area contributed by atoms with Crippen LogP contribution in [0.3, 0.4) is 0 Å². The second kappa shape index (κ2) is 7.99. The van der Waals surface area contributed by atoms with Crippen molar-refractivity contribution in [2.45, 2.75) is 0 Å². The van der Waals surface area contributed by atoms with Crippen molar-refractivity contribution in [2.24, 2.45) is 0 Å². The van der Waals surface area contributed by atoms with E-state index in [0.717, 1.165) is 11.3 Å². The molecule has 6 nitrogen and oxygen atoms in total. The molecule has 3 rings (SSSR count). The number of amides is 1. The van der Waals surface area contributed by atoms with E-state index in [1.165, 1.54) is 18.4 Å². The first-order valence-electron chi connectivity index (χ1n) is 7.44. The van der Waals surface area contributed by atoms with Crippen LogP contribution < -0.4 is 5.32 Å². The maximum atomic E-state index is 12.3. The molecule has 0 bridgehead atoms. The Kier molecular flexibility index (Phi) is 5.50. The molecular formula is C18H12ClNO5S. The van der Waals surface area contributed by atoms with Crippen molar-refractivity contribution >= 4 is 46.3 Å². The van der Waals surface area contributed by atoms with Crippen molar-refractivity contribution in [3.05, 3.63) is 75.3 Å². The Bertz CT molecular complexity index is 948. The van der Waals surface area contributed by atoms with Gasteiger partial charge < -0.3 is 14.5 Å². The maximum Gasteiger partial charge on any atom is 0.340 e. The third-order valence-electron chi connectivity index (χ3n) is 3.32. The molecule has 0 atom stereocenters. The summed E-state index contributed by atoms with van der Waals surface area (Å²) in [6.07, 6.45) is 1.37. The van der Waals surface area contributed by atoms with Crippen LogP contribution in [0.1, 0.15) is 30.6 Å². The van der Waals surface area contributed by atoms with Gasteiger partial charge in [-0.05, 0) is 36.4 Å². The summed E-state index contributed by atoms with van der Waals surface area (Å²) in [5.74, 6) is -1.47. The van der Waals surface area contributed by atoms with E-state index in [1.54, 1.807) is 36.4 Å². The van der Waals surface area contributed by atoms with Gasteiger partial charge in [-0.3, -0.25) is 9.59 Å². The number of Topliss-reactive ketones (excluding diaryl/α,β-unsaturated/α-hetero) is 1. The van der Waals surface area contributed by atoms with E-state index < -0.39 is 18.5 Å². The van der Waals surface area contributed by atoms with Crippen molar-refractivity contribution in [2.75, 3.05) is 11.9 Å². The van der Waals surface area contributed by atoms with Crippen LogP contribution in [-0.4, -0.2) is 24.3 Å². The molecule has 0 fully saturated rings. The van der Waals surface area contributed by atoms with E-state index in [4.69, 9.17) is 20.8 Å². The topological polar surface area (TPSA) is 85.6 Å². The lowest BCUT2D eigenvalue weighted by Crippen LogP contribution is -2.17. The van der Waals surface area contributed by atoms with Gasteiger partial charge in [0.2, 0.25) is 5.78 Å². The molecule has 0 saturated heterocycles. The van der Waals surface area contributed by atoms with Crippen molar-refractivity contribution in [3.8, 4) is 0 Å². The van der Waals surface area contributed by atoms with Crippen molar-refractivity contribution < 1.29 is 23.5 Å². The Hall–Kier alpha value is -2.90. The molecule has 0 radical (unpaired) electrons. The Balaban J connectivity index is 1.67. The maximum absolute atomic E-state index is 12.3. The number of anilines is 1. The second-order valence-electron chi connectivity index (χ2n) is 5.08. The summed E-state index contributed by atoms with van der Waals surface area (Å²) in [4.78, 5) is 36.8. The van der Waals surface area contributed by atoms with Crippen molar-refractivity contribution in [1.29, 1.82) is 0 Å². The molecule has 3 aromatic rings. The minimum atomic E-state index is -0.726. The molecule has 0 aliphatic heterocycles. The summed E-state index contributed by atoms with van der Waals surface area (Å²) in [6, 6.07) is 12.6. The highest BCUT2D eigenvalue weighted by atomic mass is 35.5. The third-order valence-corrected chi connectivity index (χ3v) is 4.59. The number of hydrogen-bond donors (Lipinski definition) is 1. The molecule has 2 aromatic heterocycles. The van der Waals surface area contributed by atoms with E-state index in [2.05, 4.69) is 5.32 Å². The number of halogens is 1. The molecule has 2 heterocycles. The fraction of sp³-hybridized carbons (Fsp3) is 0.0556. The SMILES string of the molecule is O=C(Nc1ccccc1C(=O)OCC(=O)c1ccc(Cl)s1)c1ccco1. The monoisotopic (exact) mass is 389 g/mol. The lowest BCUT2D eigenvalue weighted by atomic mass is 10.1. The van der Waals surface area contributed by atoms with E-state index in [9.17, 15) is 14.4 Å². The van der Waals surface area contributed by atoms with Gasteiger partial charge in [0.25, 0.3) is 5.91 Å². The number of rotatable bonds is 6. The number of nitrogens with one attached hydrogen (secondary N) is 1. The van der Waals surface area contributed by atoms with E-state index in [-0.39, 0.29) is 22.8 Å². The molecule has 0 spiro atoms. The van der Waals surface area contributed by atoms with Gasteiger partial charge in [-0.1, -0.05) is 23.7 Å². The predicted molar refractivity (Wildman–Crippen MR) is 97.0 cm³/mol. The number of para-hydroxylation sites is 1. The number of ketones is 1. The highest BCUT2D eigenvalue weighted by molar-refractivity contribution is 7.18. The zero-order chi connectivity index (χ0) is 18.5. The summed E-state index contributed by atoms with van der Waals surface area (Å²) in [6.45, 7) is -0.420. The smallest absolute Gasteiger partial charge is 0.340 e. The van der Waals surface area contributed by atoms with Crippen LogP contribution in [0, 0.1) is 0 Å². The summed E-state index contributed by atoms with van der Waals surface area (Å²) < 4.78 is 10.6. The van der Waals surface area contributed by atoms with Crippen LogP contribution in [0.25, 0.3) is 0 Å². The Labute approximate surface area is 157 Å². The number of carbonyl (C=O) groups excluding carboxylic acids is 3. The van der Waals surface area contributed by atoms with Crippen molar-refractivity contribution in [3.63, 3.8) is 0 Å². The first-order valence-corrected chi connectivity index (χ1v) is 8.63. The van der Waals surface area contributed by atoms with Crippen molar-refractivity contribution in [1.82, 2.24) is 0 Å². The molecule has 8 heteroatoms. The molecule has 26 heavy (non-hydrogen) atoms. The quantitative estimate of drug-likeness (QED) is 0.502.